The average Bonchev–Trinajstić information content (AvgIpc) is 2.28. The summed E-state index contributed by atoms with van der Waals surface area (Å²) in [5.74, 6) is 0.240. The van der Waals surface area contributed by atoms with Gasteiger partial charge in [0.2, 0.25) is 5.91 Å². The van der Waals surface area contributed by atoms with Crippen LogP contribution >= 0.6 is 0 Å². The first-order valence-corrected chi connectivity index (χ1v) is 6.58. The van der Waals surface area contributed by atoms with E-state index in [-0.39, 0.29) is 17.4 Å². The van der Waals surface area contributed by atoms with E-state index < -0.39 is 0 Å². The molecule has 17 heavy (non-hydrogen) atoms. The van der Waals surface area contributed by atoms with Gasteiger partial charge in [0.05, 0.1) is 0 Å². The van der Waals surface area contributed by atoms with Crippen LogP contribution in [0.5, 0.6) is 0 Å². The van der Waals surface area contributed by atoms with Crippen molar-refractivity contribution in [2.75, 3.05) is 26.3 Å². The first-order chi connectivity index (χ1) is 7.97. The number of rotatable bonds is 5. The minimum Gasteiger partial charge on any atom is -0.382 e. The molecule has 0 bridgehead atoms. The first kappa shape index (κ1) is 14.5. The van der Waals surface area contributed by atoms with E-state index in [4.69, 9.17) is 10.5 Å². The molecule has 1 aliphatic heterocycles. The summed E-state index contributed by atoms with van der Waals surface area (Å²) >= 11 is 0. The van der Waals surface area contributed by atoms with Crippen molar-refractivity contribution in [3.8, 4) is 0 Å². The molecule has 1 amide bonds. The Morgan fingerprint density at radius 3 is 2.82 bits per heavy atom. The summed E-state index contributed by atoms with van der Waals surface area (Å²) in [7, 11) is 0. The van der Waals surface area contributed by atoms with E-state index in [2.05, 4.69) is 13.8 Å². The van der Waals surface area contributed by atoms with Crippen molar-refractivity contribution in [1.29, 1.82) is 0 Å². The predicted molar refractivity (Wildman–Crippen MR) is 68.7 cm³/mol. The van der Waals surface area contributed by atoms with Gasteiger partial charge in [-0.1, -0.05) is 13.8 Å². The summed E-state index contributed by atoms with van der Waals surface area (Å²) in [6, 6.07) is 0.204. The molecule has 1 atom stereocenters. The van der Waals surface area contributed by atoms with Gasteiger partial charge in [-0.05, 0) is 25.2 Å². The van der Waals surface area contributed by atoms with E-state index in [0.29, 0.717) is 13.0 Å². The van der Waals surface area contributed by atoms with Crippen molar-refractivity contribution < 1.29 is 9.53 Å². The highest BCUT2D eigenvalue weighted by Crippen LogP contribution is 2.28. The third-order valence-electron chi connectivity index (χ3n) is 3.55. The number of likely N-dealkylation sites (tertiary alicyclic amines) is 1. The minimum absolute atomic E-state index is 0.0355. The lowest BCUT2D eigenvalue weighted by molar-refractivity contribution is -0.135. The molecule has 0 radical (unpaired) electrons. The van der Waals surface area contributed by atoms with E-state index >= 15 is 0 Å². The van der Waals surface area contributed by atoms with E-state index in [0.717, 1.165) is 32.5 Å². The molecule has 1 heterocycles. The summed E-state index contributed by atoms with van der Waals surface area (Å²) < 4.78 is 5.24. The highest BCUT2D eigenvalue weighted by atomic mass is 16.5. The molecular formula is C13H26N2O2. The highest BCUT2D eigenvalue weighted by Gasteiger charge is 2.34. The van der Waals surface area contributed by atoms with Crippen LogP contribution in [-0.2, 0) is 9.53 Å². The van der Waals surface area contributed by atoms with Crippen LogP contribution in [0.1, 0.15) is 40.0 Å². The van der Waals surface area contributed by atoms with Crippen LogP contribution in [0.15, 0.2) is 0 Å². The Hall–Kier alpha value is -0.610. The third-order valence-corrected chi connectivity index (χ3v) is 3.55. The molecule has 0 spiro atoms. The van der Waals surface area contributed by atoms with Gasteiger partial charge in [-0.3, -0.25) is 4.79 Å². The Bertz CT molecular complexity index is 254. The molecule has 4 heteroatoms. The maximum Gasteiger partial charge on any atom is 0.222 e. The normalized spacial score (nSPS) is 23.8. The molecule has 100 valence electrons. The zero-order chi connectivity index (χ0) is 12.9. The quantitative estimate of drug-likeness (QED) is 0.741. The Morgan fingerprint density at radius 2 is 2.24 bits per heavy atom. The van der Waals surface area contributed by atoms with Gasteiger partial charge in [0.1, 0.15) is 0 Å². The van der Waals surface area contributed by atoms with Crippen molar-refractivity contribution in [2.45, 2.75) is 46.1 Å². The van der Waals surface area contributed by atoms with Crippen molar-refractivity contribution in [2.24, 2.45) is 11.1 Å². The molecule has 1 aliphatic rings. The average molecular weight is 242 g/mol. The lowest BCUT2D eigenvalue weighted by atomic mass is 9.79. The second kappa shape index (κ2) is 6.36. The van der Waals surface area contributed by atoms with Gasteiger partial charge >= 0.3 is 0 Å². The SMILES string of the molecule is CCOCCCC(=O)N1CCC(N)C(C)(C)C1. The summed E-state index contributed by atoms with van der Waals surface area (Å²) in [6.07, 6.45) is 2.31. The van der Waals surface area contributed by atoms with Crippen LogP contribution in [0, 0.1) is 5.41 Å². The van der Waals surface area contributed by atoms with Gasteiger partial charge < -0.3 is 15.4 Å². The number of hydrogen-bond donors (Lipinski definition) is 1. The molecule has 0 aromatic carbocycles. The molecule has 1 saturated heterocycles. The Kier molecular flexibility index (Phi) is 5.40. The Labute approximate surface area is 104 Å². The van der Waals surface area contributed by atoms with Gasteiger partial charge in [0, 0.05) is 38.8 Å². The van der Waals surface area contributed by atoms with Crippen molar-refractivity contribution in [3.63, 3.8) is 0 Å². The highest BCUT2D eigenvalue weighted by molar-refractivity contribution is 5.76. The van der Waals surface area contributed by atoms with Crippen LogP contribution in [0.2, 0.25) is 0 Å². The maximum absolute atomic E-state index is 12.0. The molecule has 1 rings (SSSR count). The second-order valence-corrected chi connectivity index (χ2v) is 5.50. The van der Waals surface area contributed by atoms with Gasteiger partial charge in [-0.25, -0.2) is 0 Å². The molecule has 0 aliphatic carbocycles. The summed E-state index contributed by atoms with van der Waals surface area (Å²) in [5, 5.41) is 0. The fraction of sp³-hybridized carbons (Fsp3) is 0.923. The summed E-state index contributed by atoms with van der Waals surface area (Å²) in [4.78, 5) is 13.9. The fourth-order valence-electron chi connectivity index (χ4n) is 2.21. The molecule has 1 unspecified atom stereocenters. The molecule has 2 N–H and O–H groups in total. The zero-order valence-corrected chi connectivity index (χ0v) is 11.4. The zero-order valence-electron chi connectivity index (χ0n) is 11.4. The number of carbonyl (C=O) groups excluding carboxylic acids is 1. The Morgan fingerprint density at radius 1 is 1.53 bits per heavy atom. The number of amides is 1. The lowest BCUT2D eigenvalue weighted by Crippen LogP contribution is -2.53. The monoisotopic (exact) mass is 242 g/mol. The molecule has 1 fully saturated rings. The number of piperidine rings is 1. The molecule has 0 saturated carbocycles. The van der Waals surface area contributed by atoms with Crippen LogP contribution < -0.4 is 5.73 Å². The smallest absolute Gasteiger partial charge is 0.222 e. The van der Waals surface area contributed by atoms with Crippen LogP contribution in [0.25, 0.3) is 0 Å². The number of ether oxygens (including phenoxy) is 1. The van der Waals surface area contributed by atoms with E-state index in [1.807, 2.05) is 11.8 Å². The largest absolute Gasteiger partial charge is 0.382 e. The summed E-state index contributed by atoms with van der Waals surface area (Å²) in [6.45, 7) is 9.23. The van der Waals surface area contributed by atoms with Crippen LogP contribution in [0.3, 0.4) is 0 Å². The lowest BCUT2D eigenvalue weighted by Gasteiger charge is -2.42. The number of nitrogens with zero attached hydrogens (tertiary/aromatic N) is 1. The van der Waals surface area contributed by atoms with Gasteiger partial charge in [-0.15, -0.1) is 0 Å². The third kappa shape index (κ3) is 4.28. The van der Waals surface area contributed by atoms with Crippen molar-refractivity contribution in [3.05, 3.63) is 0 Å². The van der Waals surface area contributed by atoms with E-state index in [9.17, 15) is 4.79 Å². The van der Waals surface area contributed by atoms with Gasteiger partial charge in [0.25, 0.3) is 0 Å². The minimum atomic E-state index is 0.0355. The van der Waals surface area contributed by atoms with Gasteiger partial charge in [-0.2, -0.15) is 0 Å². The summed E-state index contributed by atoms with van der Waals surface area (Å²) in [5.41, 5.74) is 6.09. The molecule has 0 aromatic rings. The maximum atomic E-state index is 12.0. The van der Waals surface area contributed by atoms with Crippen LogP contribution in [-0.4, -0.2) is 43.2 Å². The number of hydrogen-bond acceptors (Lipinski definition) is 3. The standard InChI is InChI=1S/C13H26N2O2/c1-4-17-9-5-6-12(16)15-8-7-11(14)13(2,3)10-15/h11H,4-10,14H2,1-3H3. The van der Waals surface area contributed by atoms with Crippen molar-refractivity contribution >= 4 is 5.91 Å². The van der Waals surface area contributed by atoms with E-state index in [1.54, 1.807) is 0 Å². The van der Waals surface area contributed by atoms with Gasteiger partial charge in [0.15, 0.2) is 0 Å². The Balaban J connectivity index is 2.33. The number of carbonyl (C=O) groups is 1. The molecular weight excluding hydrogens is 216 g/mol. The van der Waals surface area contributed by atoms with Crippen LogP contribution in [0.4, 0.5) is 0 Å². The molecule has 0 aromatic heterocycles. The topological polar surface area (TPSA) is 55.6 Å². The van der Waals surface area contributed by atoms with E-state index in [1.165, 1.54) is 0 Å². The number of nitrogens with two attached hydrogens (primary N) is 1. The van der Waals surface area contributed by atoms with Crippen molar-refractivity contribution in [1.82, 2.24) is 4.90 Å². The predicted octanol–water partition coefficient (Wildman–Crippen LogP) is 1.39. The molecule has 4 nitrogen and oxygen atoms in total. The fourth-order valence-corrected chi connectivity index (χ4v) is 2.21. The first-order valence-electron chi connectivity index (χ1n) is 6.58. The second-order valence-electron chi connectivity index (χ2n) is 5.50.